The average molecular weight is 314 g/mol. The summed E-state index contributed by atoms with van der Waals surface area (Å²) >= 11 is 0. The predicted molar refractivity (Wildman–Crippen MR) is 93.5 cm³/mol. The number of aromatic nitrogens is 2. The second kappa shape index (κ2) is 6.99. The van der Waals surface area contributed by atoms with E-state index < -0.39 is 0 Å². The molecule has 0 aliphatic carbocycles. The average Bonchev–Trinajstić information content (AvgIpc) is 2.46. The lowest BCUT2D eigenvalue weighted by Crippen LogP contribution is -2.21. The van der Waals surface area contributed by atoms with Gasteiger partial charge in [-0.15, -0.1) is 0 Å². The number of nitrogens with zero attached hydrogens (tertiary/aromatic N) is 2. The molecule has 0 radical (unpaired) electrons. The highest BCUT2D eigenvalue weighted by Crippen LogP contribution is 2.20. The normalized spacial score (nSPS) is 11.7. The Bertz CT molecular complexity index is 695. The number of benzene rings is 1. The number of hydrogen-bond donors (Lipinski definition) is 0. The van der Waals surface area contributed by atoms with Crippen LogP contribution >= 0.6 is 0 Å². The molecule has 124 valence electrons. The zero-order valence-electron chi connectivity index (χ0n) is 14.7. The topological polar surface area (TPSA) is 44.1 Å². The van der Waals surface area contributed by atoms with Crippen molar-refractivity contribution in [3.8, 4) is 11.4 Å². The Morgan fingerprint density at radius 3 is 2.35 bits per heavy atom. The van der Waals surface area contributed by atoms with E-state index in [1.165, 1.54) is 4.68 Å². The van der Waals surface area contributed by atoms with Crippen molar-refractivity contribution in [3.63, 3.8) is 0 Å². The van der Waals surface area contributed by atoms with E-state index in [-0.39, 0.29) is 11.0 Å². The van der Waals surface area contributed by atoms with Gasteiger partial charge in [0.2, 0.25) is 0 Å². The Kier molecular flexibility index (Phi) is 5.24. The van der Waals surface area contributed by atoms with E-state index in [1.54, 1.807) is 12.3 Å². The minimum atomic E-state index is -0.113. The first-order chi connectivity index (χ1) is 10.8. The van der Waals surface area contributed by atoms with Crippen molar-refractivity contribution in [3.05, 3.63) is 52.4 Å². The lowest BCUT2D eigenvalue weighted by Gasteiger charge is -2.18. The Labute approximate surface area is 138 Å². The molecule has 0 aliphatic rings. The highest BCUT2D eigenvalue weighted by molar-refractivity contribution is 5.36. The second-order valence-corrected chi connectivity index (χ2v) is 7.35. The molecule has 2 aromatic rings. The molecule has 0 N–H and O–H groups in total. The summed E-state index contributed by atoms with van der Waals surface area (Å²) in [6, 6.07) is 9.11. The summed E-state index contributed by atoms with van der Waals surface area (Å²) in [6.07, 6.45) is 2.74. The molecule has 0 fully saturated rings. The fourth-order valence-corrected chi connectivity index (χ4v) is 2.09. The zero-order valence-corrected chi connectivity index (χ0v) is 14.7. The largest absolute Gasteiger partial charge is 0.494 e. The van der Waals surface area contributed by atoms with Crippen LogP contribution in [-0.2, 0) is 0 Å². The minimum absolute atomic E-state index is 0.113. The Morgan fingerprint density at radius 1 is 1.17 bits per heavy atom. The molecular formula is C19H26N2O2. The SMILES string of the molecule is CC(C)c1cnn(-c2ccc(OCCC(C)(C)C)cc2)c(=O)c1. The van der Waals surface area contributed by atoms with E-state index in [1.807, 2.05) is 38.1 Å². The van der Waals surface area contributed by atoms with Crippen molar-refractivity contribution in [2.45, 2.75) is 47.0 Å². The molecule has 4 heteroatoms. The number of hydrogen-bond acceptors (Lipinski definition) is 3. The molecule has 0 saturated heterocycles. The van der Waals surface area contributed by atoms with Crippen molar-refractivity contribution in [2.24, 2.45) is 5.41 Å². The first-order valence-electron chi connectivity index (χ1n) is 8.09. The third kappa shape index (κ3) is 4.95. The van der Waals surface area contributed by atoms with Gasteiger partial charge in [0.15, 0.2) is 0 Å². The highest BCUT2D eigenvalue weighted by atomic mass is 16.5. The van der Waals surface area contributed by atoms with E-state index in [4.69, 9.17) is 4.74 Å². The maximum absolute atomic E-state index is 12.2. The van der Waals surface area contributed by atoms with Crippen LogP contribution in [-0.4, -0.2) is 16.4 Å². The quantitative estimate of drug-likeness (QED) is 0.832. The molecule has 0 amide bonds. The third-order valence-electron chi connectivity index (χ3n) is 3.69. The minimum Gasteiger partial charge on any atom is -0.494 e. The second-order valence-electron chi connectivity index (χ2n) is 7.35. The predicted octanol–water partition coefficient (Wildman–Crippen LogP) is 4.17. The van der Waals surface area contributed by atoms with Gasteiger partial charge in [-0.05, 0) is 47.6 Å². The Morgan fingerprint density at radius 2 is 1.83 bits per heavy atom. The van der Waals surface area contributed by atoms with Gasteiger partial charge >= 0.3 is 0 Å². The third-order valence-corrected chi connectivity index (χ3v) is 3.69. The Balaban J connectivity index is 2.09. The van der Waals surface area contributed by atoms with Crippen LogP contribution in [0, 0.1) is 5.41 Å². The summed E-state index contributed by atoms with van der Waals surface area (Å²) in [5.41, 5.74) is 1.84. The summed E-state index contributed by atoms with van der Waals surface area (Å²) in [5, 5.41) is 4.26. The van der Waals surface area contributed by atoms with Crippen molar-refractivity contribution in [1.82, 2.24) is 9.78 Å². The van der Waals surface area contributed by atoms with E-state index in [0.29, 0.717) is 12.5 Å². The molecule has 1 heterocycles. The molecule has 2 rings (SSSR count). The van der Waals surface area contributed by atoms with Gasteiger partial charge < -0.3 is 4.74 Å². The van der Waals surface area contributed by atoms with Crippen LogP contribution in [0.1, 0.15) is 52.5 Å². The van der Waals surface area contributed by atoms with Crippen LogP contribution in [0.2, 0.25) is 0 Å². The van der Waals surface area contributed by atoms with Crippen LogP contribution in [0.3, 0.4) is 0 Å². The molecular weight excluding hydrogens is 288 g/mol. The maximum atomic E-state index is 12.2. The van der Waals surface area contributed by atoms with Crippen molar-refractivity contribution < 1.29 is 4.74 Å². The van der Waals surface area contributed by atoms with Crippen molar-refractivity contribution in [2.75, 3.05) is 6.61 Å². The first-order valence-corrected chi connectivity index (χ1v) is 8.09. The summed E-state index contributed by atoms with van der Waals surface area (Å²) in [7, 11) is 0. The summed E-state index contributed by atoms with van der Waals surface area (Å²) in [4.78, 5) is 12.2. The fourth-order valence-electron chi connectivity index (χ4n) is 2.09. The fraction of sp³-hybridized carbons (Fsp3) is 0.474. The number of ether oxygens (including phenoxy) is 1. The highest BCUT2D eigenvalue weighted by Gasteiger charge is 2.10. The molecule has 0 atom stereocenters. The lowest BCUT2D eigenvalue weighted by molar-refractivity contribution is 0.243. The Hall–Kier alpha value is -2.10. The molecule has 23 heavy (non-hydrogen) atoms. The molecule has 0 aliphatic heterocycles. The van der Waals surface area contributed by atoms with Crippen LogP contribution in [0.15, 0.2) is 41.3 Å². The molecule has 0 spiro atoms. The van der Waals surface area contributed by atoms with Crippen molar-refractivity contribution >= 4 is 0 Å². The standard InChI is InChI=1S/C19H26N2O2/c1-14(2)15-12-18(22)21(20-13-15)16-6-8-17(9-7-16)23-11-10-19(3,4)5/h6-9,12-14H,10-11H2,1-5H3. The van der Waals surface area contributed by atoms with Crippen LogP contribution in [0.25, 0.3) is 5.69 Å². The zero-order chi connectivity index (χ0) is 17.0. The van der Waals surface area contributed by atoms with Crippen LogP contribution < -0.4 is 10.3 Å². The molecule has 1 aromatic heterocycles. The summed E-state index contributed by atoms with van der Waals surface area (Å²) < 4.78 is 7.15. The molecule has 4 nitrogen and oxygen atoms in total. The van der Waals surface area contributed by atoms with Crippen LogP contribution in [0.4, 0.5) is 0 Å². The van der Waals surface area contributed by atoms with E-state index in [9.17, 15) is 4.79 Å². The molecule has 0 bridgehead atoms. The van der Waals surface area contributed by atoms with E-state index >= 15 is 0 Å². The molecule has 0 unspecified atom stereocenters. The monoisotopic (exact) mass is 314 g/mol. The van der Waals surface area contributed by atoms with Gasteiger partial charge in [-0.3, -0.25) is 4.79 Å². The smallest absolute Gasteiger partial charge is 0.271 e. The van der Waals surface area contributed by atoms with Gasteiger partial charge in [0.25, 0.3) is 5.56 Å². The maximum Gasteiger partial charge on any atom is 0.271 e. The molecule has 0 saturated carbocycles. The van der Waals surface area contributed by atoms with Gasteiger partial charge in [-0.1, -0.05) is 34.6 Å². The summed E-state index contributed by atoms with van der Waals surface area (Å²) in [6.45, 7) is 11.4. The van der Waals surface area contributed by atoms with E-state index in [0.717, 1.165) is 23.4 Å². The summed E-state index contributed by atoms with van der Waals surface area (Å²) in [5.74, 6) is 1.10. The molecule has 1 aromatic carbocycles. The van der Waals surface area contributed by atoms with Gasteiger partial charge in [-0.25, -0.2) is 0 Å². The van der Waals surface area contributed by atoms with Gasteiger partial charge in [0.05, 0.1) is 18.5 Å². The van der Waals surface area contributed by atoms with Crippen molar-refractivity contribution in [1.29, 1.82) is 0 Å². The first kappa shape index (κ1) is 17.3. The lowest BCUT2D eigenvalue weighted by atomic mass is 9.93. The number of rotatable bonds is 5. The van der Waals surface area contributed by atoms with Gasteiger partial charge in [0.1, 0.15) is 5.75 Å². The van der Waals surface area contributed by atoms with E-state index in [2.05, 4.69) is 25.9 Å². The van der Waals surface area contributed by atoms with Gasteiger partial charge in [0, 0.05) is 6.07 Å². The van der Waals surface area contributed by atoms with Crippen LogP contribution in [0.5, 0.6) is 5.75 Å². The van der Waals surface area contributed by atoms with Gasteiger partial charge in [-0.2, -0.15) is 9.78 Å².